The molecule has 3 aromatic rings. The van der Waals surface area contributed by atoms with Crippen LogP contribution in [0.1, 0.15) is 35.6 Å². The Labute approximate surface area is 177 Å². The molecule has 5 nitrogen and oxygen atoms in total. The largest absolute Gasteiger partial charge is 0.385 e. The molecule has 3 heterocycles. The molecular weight excluding hydrogens is 378 g/mol. The number of rotatable bonds is 7. The molecule has 2 atom stereocenters. The first-order valence-corrected chi connectivity index (χ1v) is 10.4. The van der Waals surface area contributed by atoms with E-state index in [1.807, 2.05) is 36.5 Å². The smallest absolute Gasteiger partial charge is 0.170 e. The second kappa shape index (κ2) is 8.66. The van der Waals surface area contributed by atoms with Crippen molar-refractivity contribution in [1.29, 1.82) is 0 Å². The van der Waals surface area contributed by atoms with Gasteiger partial charge in [0.05, 0.1) is 17.8 Å². The molecule has 0 saturated carbocycles. The van der Waals surface area contributed by atoms with Crippen LogP contribution in [0.25, 0.3) is 0 Å². The molecular formula is C23H27N5S. The van der Waals surface area contributed by atoms with E-state index < -0.39 is 0 Å². The van der Waals surface area contributed by atoms with Crippen LogP contribution in [0.5, 0.6) is 0 Å². The van der Waals surface area contributed by atoms with E-state index in [0.29, 0.717) is 0 Å². The number of para-hydroxylation sites is 1. The van der Waals surface area contributed by atoms with E-state index in [2.05, 4.69) is 69.4 Å². The molecule has 1 fully saturated rings. The molecule has 6 heteroatoms. The summed E-state index contributed by atoms with van der Waals surface area (Å²) in [5, 5.41) is 7.81. The van der Waals surface area contributed by atoms with E-state index in [4.69, 9.17) is 12.2 Å². The second-order valence-corrected chi connectivity index (χ2v) is 7.81. The van der Waals surface area contributed by atoms with Gasteiger partial charge in [-0.3, -0.25) is 4.98 Å². The summed E-state index contributed by atoms with van der Waals surface area (Å²) in [4.78, 5) is 6.92. The maximum absolute atomic E-state index is 5.75. The SMILES string of the molecule is Cc1ccc([C@H]2[C@H](c3ccccn3)NC(=S)N2CCCNc2ccccc2)n1C. The van der Waals surface area contributed by atoms with Gasteiger partial charge in [0.1, 0.15) is 0 Å². The summed E-state index contributed by atoms with van der Waals surface area (Å²) < 4.78 is 2.26. The number of aromatic nitrogens is 2. The van der Waals surface area contributed by atoms with Crippen molar-refractivity contribution in [3.05, 3.63) is 83.9 Å². The lowest BCUT2D eigenvalue weighted by atomic mass is 10.0. The van der Waals surface area contributed by atoms with Crippen LogP contribution in [0.3, 0.4) is 0 Å². The third-order valence-corrected chi connectivity index (χ3v) is 5.94. The van der Waals surface area contributed by atoms with Gasteiger partial charge < -0.3 is 20.1 Å². The maximum atomic E-state index is 5.75. The monoisotopic (exact) mass is 405 g/mol. The lowest BCUT2D eigenvalue weighted by Gasteiger charge is -2.28. The van der Waals surface area contributed by atoms with Gasteiger partial charge in [0.2, 0.25) is 0 Å². The molecule has 4 rings (SSSR count). The Kier molecular flexibility index (Phi) is 5.81. The zero-order valence-corrected chi connectivity index (χ0v) is 17.7. The minimum atomic E-state index is 0.0405. The van der Waals surface area contributed by atoms with Gasteiger partial charge in [-0.2, -0.15) is 0 Å². The summed E-state index contributed by atoms with van der Waals surface area (Å²) in [5.41, 5.74) is 4.66. The molecule has 0 spiro atoms. The summed E-state index contributed by atoms with van der Waals surface area (Å²) in [7, 11) is 2.12. The Morgan fingerprint density at radius 2 is 1.86 bits per heavy atom. The average Bonchev–Trinajstić information content (AvgIpc) is 3.25. The topological polar surface area (TPSA) is 45.1 Å². The zero-order valence-electron chi connectivity index (χ0n) is 16.9. The van der Waals surface area contributed by atoms with Crippen LogP contribution in [-0.2, 0) is 7.05 Å². The van der Waals surface area contributed by atoms with Crippen LogP contribution in [0.2, 0.25) is 0 Å². The number of nitrogens with zero attached hydrogens (tertiary/aromatic N) is 3. The predicted molar refractivity (Wildman–Crippen MR) is 122 cm³/mol. The Bertz CT molecular complexity index is 954. The molecule has 0 unspecified atom stereocenters. The Morgan fingerprint density at radius 1 is 1.07 bits per heavy atom. The fraction of sp³-hybridized carbons (Fsp3) is 0.304. The van der Waals surface area contributed by atoms with Crippen molar-refractivity contribution >= 4 is 23.0 Å². The highest BCUT2D eigenvalue weighted by molar-refractivity contribution is 7.80. The Hall–Kier alpha value is -2.86. The van der Waals surface area contributed by atoms with Crippen molar-refractivity contribution in [2.45, 2.75) is 25.4 Å². The van der Waals surface area contributed by atoms with Gasteiger partial charge in [-0.25, -0.2) is 0 Å². The van der Waals surface area contributed by atoms with E-state index in [1.165, 1.54) is 11.4 Å². The Morgan fingerprint density at radius 3 is 2.55 bits per heavy atom. The molecule has 1 aliphatic heterocycles. The number of benzene rings is 1. The van der Waals surface area contributed by atoms with Crippen molar-refractivity contribution < 1.29 is 0 Å². The van der Waals surface area contributed by atoms with Gasteiger partial charge in [-0.05, 0) is 62.0 Å². The third-order valence-electron chi connectivity index (χ3n) is 5.59. The van der Waals surface area contributed by atoms with Crippen molar-refractivity contribution in [2.24, 2.45) is 7.05 Å². The summed E-state index contributed by atoms with van der Waals surface area (Å²) in [6.07, 6.45) is 2.84. The summed E-state index contributed by atoms with van der Waals surface area (Å²) in [5.74, 6) is 0. The first-order valence-electron chi connectivity index (χ1n) is 10.0. The summed E-state index contributed by atoms with van der Waals surface area (Å²) in [6.45, 7) is 3.91. The molecule has 0 aliphatic carbocycles. The average molecular weight is 406 g/mol. The van der Waals surface area contributed by atoms with Gasteiger partial charge in [-0.15, -0.1) is 0 Å². The van der Waals surface area contributed by atoms with Crippen LogP contribution in [-0.4, -0.2) is 32.7 Å². The van der Waals surface area contributed by atoms with E-state index in [1.54, 1.807) is 0 Å². The number of hydrogen-bond donors (Lipinski definition) is 2. The number of aryl methyl sites for hydroxylation is 1. The lowest BCUT2D eigenvalue weighted by Crippen LogP contribution is -2.32. The van der Waals surface area contributed by atoms with Crippen molar-refractivity contribution in [2.75, 3.05) is 18.4 Å². The molecule has 0 bridgehead atoms. The lowest BCUT2D eigenvalue weighted by molar-refractivity contribution is 0.304. The van der Waals surface area contributed by atoms with E-state index >= 15 is 0 Å². The first kappa shape index (κ1) is 19.5. The quantitative estimate of drug-likeness (QED) is 0.456. The van der Waals surface area contributed by atoms with Crippen molar-refractivity contribution in [3.63, 3.8) is 0 Å². The fourth-order valence-electron chi connectivity index (χ4n) is 3.94. The van der Waals surface area contributed by atoms with Gasteiger partial charge in [0, 0.05) is 43.4 Å². The summed E-state index contributed by atoms with van der Waals surface area (Å²) in [6, 6.07) is 20.9. The third kappa shape index (κ3) is 4.12. The molecule has 1 aliphatic rings. The van der Waals surface area contributed by atoms with Crippen LogP contribution in [0.15, 0.2) is 66.9 Å². The van der Waals surface area contributed by atoms with Gasteiger partial charge >= 0.3 is 0 Å². The predicted octanol–water partition coefficient (Wildman–Crippen LogP) is 4.20. The van der Waals surface area contributed by atoms with Gasteiger partial charge in [0.15, 0.2) is 5.11 Å². The van der Waals surface area contributed by atoms with Crippen LogP contribution >= 0.6 is 12.2 Å². The highest BCUT2D eigenvalue weighted by Crippen LogP contribution is 2.38. The summed E-state index contributed by atoms with van der Waals surface area (Å²) >= 11 is 5.75. The van der Waals surface area contributed by atoms with Gasteiger partial charge in [0.25, 0.3) is 0 Å². The van der Waals surface area contributed by atoms with Crippen LogP contribution in [0, 0.1) is 6.92 Å². The standard InChI is InChI=1S/C23H27N5S/c1-17-12-13-20(27(17)2)22-21(19-11-6-7-14-25-19)26-23(29)28(22)16-8-15-24-18-9-4-3-5-10-18/h3-7,9-14,21-22,24H,8,15-16H2,1-2H3,(H,26,29)/t21-,22-/m0/s1. The molecule has 0 radical (unpaired) electrons. The fourth-order valence-corrected chi connectivity index (χ4v) is 4.27. The molecule has 1 aromatic carbocycles. The highest BCUT2D eigenvalue weighted by Gasteiger charge is 2.40. The molecule has 150 valence electrons. The van der Waals surface area contributed by atoms with E-state index in [9.17, 15) is 0 Å². The van der Waals surface area contributed by atoms with Crippen molar-refractivity contribution in [1.82, 2.24) is 19.8 Å². The van der Waals surface area contributed by atoms with Crippen molar-refractivity contribution in [3.8, 4) is 0 Å². The zero-order chi connectivity index (χ0) is 20.2. The number of pyridine rings is 1. The minimum absolute atomic E-state index is 0.0405. The minimum Gasteiger partial charge on any atom is -0.385 e. The number of nitrogens with one attached hydrogen (secondary N) is 2. The molecule has 1 saturated heterocycles. The first-order chi connectivity index (χ1) is 14.1. The van der Waals surface area contributed by atoms with Gasteiger partial charge in [-0.1, -0.05) is 24.3 Å². The molecule has 0 amide bonds. The molecule has 29 heavy (non-hydrogen) atoms. The number of anilines is 1. The van der Waals surface area contributed by atoms with Crippen LogP contribution < -0.4 is 10.6 Å². The number of thiocarbonyl (C=S) groups is 1. The number of hydrogen-bond acceptors (Lipinski definition) is 3. The maximum Gasteiger partial charge on any atom is 0.170 e. The highest BCUT2D eigenvalue weighted by atomic mass is 32.1. The van der Waals surface area contributed by atoms with E-state index in [0.717, 1.165) is 36.0 Å². The van der Waals surface area contributed by atoms with E-state index in [-0.39, 0.29) is 12.1 Å². The van der Waals surface area contributed by atoms with Crippen LogP contribution in [0.4, 0.5) is 5.69 Å². The second-order valence-electron chi connectivity index (χ2n) is 7.42. The molecule has 2 N–H and O–H groups in total. The Balaban J connectivity index is 1.52. The normalized spacial score (nSPS) is 18.7. The molecule has 2 aromatic heterocycles.